The summed E-state index contributed by atoms with van der Waals surface area (Å²) in [6.45, 7) is 0.389. The number of rotatable bonds is 5. The number of nitrogens with zero attached hydrogens (tertiary/aromatic N) is 1. The smallest absolute Gasteiger partial charge is 0.244 e. The molecule has 0 fully saturated rings. The van der Waals surface area contributed by atoms with Crippen LogP contribution >= 0.6 is 15.9 Å². The van der Waals surface area contributed by atoms with Crippen molar-refractivity contribution < 1.29 is 9.90 Å². The van der Waals surface area contributed by atoms with Crippen molar-refractivity contribution in [2.24, 2.45) is 0 Å². The summed E-state index contributed by atoms with van der Waals surface area (Å²) >= 11 is 3.52. The lowest BCUT2D eigenvalue weighted by Gasteiger charge is -2.08. The number of nitrogens with one attached hydrogen (secondary N) is 1. The number of anilines is 1. The fourth-order valence-electron chi connectivity index (χ4n) is 2.56. The Balaban J connectivity index is 1.70. The lowest BCUT2D eigenvalue weighted by atomic mass is 10.1. The molecule has 0 aliphatic heterocycles. The molecular formula is C18H17BrN2O2. The minimum absolute atomic E-state index is 0.0719. The number of aliphatic hydroxyl groups is 1. The van der Waals surface area contributed by atoms with Crippen LogP contribution in [0.25, 0.3) is 10.9 Å². The largest absolute Gasteiger partial charge is 0.396 e. The highest BCUT2D eigenvalue weighted by Crippen LogP contribution is 2.24. The Hall–Kier alpha value is -2.11. The van der Waals surface area contributed by atoms with E-state index in [1.807, 2.05) is 59.3 Å². The first-order chi connectivity index (χ1) is 11.2. The molecule has 0 atom stereocenters. The highest BCUT2D eigenvalue weighted by molar-refractivity contribution is 9.10. The van der Waals surface area contributed by atoms with E-state index in [4.69, 9.17) is 5.11 Å². The number of aromatic nitrogens is 1. The molecule has 5 heteroatoms. The number of hydrogen-bond acceptors (Lipinski definition) is 2. The quantitative estimate of drug-likeness (QED) is 0.718. The topological polar surface area (TPSA) is 54.3 Å². The molecule has 0 unspecified atom stereocenters. The Morgan fingerprint density at radius 3 is 2.65 bits per heavy atom. The highest BCUT2D eigenvalue weighted by atomic mass is 79.9. The van der Waals surface area contributed by atoms with Gasteiger partial charge in [0.2, 0.25) is 5.91 Å². The van der Waals surface area contributed by atoms with Gasteiger partial charge in [0, 0.05) is 33.9 Å². The van der Waals surface area contributed by atoms with Crippen LogP contribution in [-0.4, -0.2) is 22.2 Å². The van der Waals surface area contributed by atoms with Crippen molar-refractivity contribution in [1.82, 2.24) is 4.57 Å². The zero-order chi connectivity index (χ0) is 16.2. The number of halogens is 1. The van der Waals surface area contributed by atoms with Crippen LogP contribution in [0.5, 0.6) is 0 Å². The molecule has 23 heavy (non-hydrogen) atoms. The third-order valence-electron chi connectivity index (χ3n) is 3.71. The lowest BCUT2D eigenvalue weighted by molar-refractivity contribution is -0.116. The molecule has 4 nitrogen and oxygen atoms in total. The number of fused-ring (bicyclic) bond motifs is 1. The van der Waals surface area contributed by atoms with Gasteiger partial charge in [0.05, 0.1) is 0 Å². The summed E-state index contributed by atoms with van der Waals surface area (Å²) < 4.78 is 2.95. The molecule has 0 spiro atoms. The average molecular weight is 373 g/mol. The van der Waals surface area contributed by atoms with Gasteiger partial charge in [-0.2, -0.15) is 0 Å². The summed E-state index contributed by atoms with van der Waals surface area (Å²) in [5.41, 5.74) is 2.83. The van der Waals surface area contributed by atoms with E-state index < -0.39 is 0 Å². The Morgan fingerprint density at radius 1 is 1.13 bits per heavy atom. The van der Waals surface area contributed by atoms with Gasteiger partial charge in [-0.15, -0.1) is 0 Å². The van der Waals surface area contributed by atoms with Gasteiger partial charge in [-0.05, 0) is 42.3 Å². The average Bonchev–Trinajstić information content (AvgIpc) is 2.94. The number of hydrogen-bond donors (Lipinski definition) is 2. The minimum Gasteiger partial charge on any atom is -0.396 e. The van der Waals surface area contributed by atoms with Crippen molar-refractivity contribution in [3.8, 4) is 0 Å². The van der Waals surface area contributed by atoms with Crippen molar-refractivity contribution in [2.45, 2.75) is 13.0 Å². The van der Waals surface area contributed by atoms with Crippen LogP contribution in [-0.2, 0) is 17.8 Å². The summed E-state index contributed by atoms with van der Waals surface area (Å²) in [5, 5.41) is 12.9. The summed E-state index contributed by atoms with van der Waals surface area (Å²) in [7, 11) is 0. The second kappa shape index (κ2) is 6.98. The van der Waals surface area contributed by atoms with Crippen LogP contribution < -0.4 is 5.32 Å². The van der Waals surface area contributed by atoms with Gasteiger partial charge >= 0.3 is 0 Å². The van der Waals surface area contributed by atoms with Crippen LogP contribution in [0, 0.1) is 0 Å². The number of aliphatic hydroxyl groups excluding tert-OH is 1. The number of carbonyl (C=O) groups is 1. The number of amides is 1. The maximum Gasteiger partial charge on any atom is 0.244 e. The molecule has 0 saturated carbocycles. The first-order valence-corrected chi connectivity index (χ1v) is 8.19. The molecule has 0 aliphatic rings. The van der Waals surface area contributed by atoms with Crippen LogP contribution in [0.15, 0.2) is 59.2 Å². The van der Waals surface area contributed by atoms with Crippen molar-refractivity contribution in [1.29, 1.82) is 0 Å². The van der Waals surface area contributed by atoms with Crippen LogP contribution in [0.4, 0.5) is 5.69 Å². The maximum atomic E-state index is 12.2. The molecule has 1 heterocycles. The van der Waals surface area contributed by atoms with Gasteiger partial charge in [0.25, 0.3) is 0 Å². The molecule has 0 bridgehead atoms. The molecule has 1 aromatic heterocycles. The van der Waals surface area contributed by atoms with E-state index in [1.165, 1.54) is 0 Å². The maximum absolute atomic E-state index is 12.2. The fraction of sp³-hybridized carbons (Fsp3) is 0.167. The molecule has 1 amide bonds. The summed E-state index contributed by atoms with van der Waals surface area (Å²) in [5.74, 6) is -0.0719. The fourth-order valence-corrected chi connectivity index (χ4v) is 3.05. The second-order valence-electron chi connectivity index (χ2n) is 5.33. The lowest BCUT2D eigenvalue weighted by Crippen LogP contribution is -2.18. The van der Waals surface area contributed by atoms with Crippen LogP contribution in [0.1, 0.15) is 5.56 Å². The van der Waals surface area contributed by atoms with Crippen molar-refractivity contribution in [3.05, 3.63) is 64.8 Å². The predicted molar refractivity (Wildman–Crippen MR) is 95.5 cm³/mol. The van der Waals surface area contributed by atoms with Gasteiger partial charge in [-0.3, -0.25) is 4.79 Å². The van der Waals surface area contributed by atoms with E-state index >= 15 is 0 Å². The SMILES string of the molecule is O=C(Cn1ccc2c(Br)cccc21)Nc1ccc(CCO)cc1. The third kappa shape index (κ3) is 3.63. The Morgan fingerprint density at radius 2 is 1.91 bits per heavy atom. The Labute approximate surface area is 142 Å². The van der Waals surface area contributed by atoms with Gasteiger partial charge in [-0.1, -0.05) is 34.1 Å². The van der Waals surface area contributed by atoms with E-state index in [2.05, 4.69) is 21.2 Å². The molecule has 3 aromatic rings. The van der Waals surface area contributed by atoms with Gasteiger partial charge in [0.1, 0.15) is 6.54 Å². The van der Waals surface area contributed by atoms with E-state index in [0.717, 1.165) is 26.6 Å². The van der Waals surface area contributed by atoms with Crippen molar-refractivity contribution in [2.75, 3.05) is 11.9 Å². The molecule has 0 aliphatic carbocycles. The molecule has 0 saturated heterocycles. The first-order valence-electron chi connectivity index (χ1n) is 7.40. The van der Waals surface area contributed by atoms with Crippen molar-refractivity contribution >= 4 is 38.4 Å². The second-order valence-corrected chi connectivity index (χ2v) is 6.19. The summed E-state index contributed by atoms with van der Waals surface area (Å²) in [6, 6.07) is 15.5. The molecule has 3 rings (SSSR count). The number of carbonyl (C=O) groups excluding carboxylic acids is 1. The van der Waals surface area contributed by atoms with E-state index in [1.54, 1.807) is 0 Å². The molecule has 2 aromatic carbocycles. The van der Waals surface area contributed by atoms with E-state index in [0.29, 0.717) is 6.42 Å². The van der Waals surface area contributed by atoms with Gasteiger partial charge < -0.3 is 15.0 Å². The van der Waals surface area contributed by atoms with Crippen LogP contribution in [0.2, 0.25) is 0 Å². The normalized spacial score (nSPS) is 10.9. The van der Waals surface area contributed by atoms with Gasteiger partial charge in [-0.25, -0.2) is 0 Å². The zero-order valence-corrected chi connectivity index (χ0v) is 14.1. The predicted octanol–water partition coefficient (Wildman–Crippen LogP) is 3.58. The summed E-state index contributed by atoms with van der Waals surface area (Å²) in [6.07, 6.45) is 2.54. The standard InChI is InChI=1S/C18H17BrN2O2/c19-16-2-1-3-17-15(16)8-10-21(17)12-18(23)20-14-6-4-13(5-7-14)9-11-22/h1-8,10,22H,9,11-12H2,(H,20,23). The number of benzene rings is 2. The molecular weight excluding hydrogens is 356 g/mol. The zero-order valence-electron chi connectivity index (χ0n) is 12.5. The Bertz CT molecular complexity index is 825. The third-order valence-corrected chi connectivity index (χ3v) is 4.40. The molecule has 2 N–H and O–H groups in total. The monoisotopic (exact) mass is 372 g/mol. The highest BCUT2D eigenvalue weighted by Gasteiger charge is 2.08. The van der Waals surface area contributed by atoms with E-state index in [9.17, 15) is 4.79 Å². The first kappa shape index (κ1) is 15.8. The molecule has 118 valence electrons. The Kier molecular flexibility index (Phi) is 4.79. The van der Waals surface area contributed by atoms with Crippen molar-refractivity contribution in [3.63, 3.8) is 0 Å². The minimum atomic E-state index is -0.0719. The van der Waals surface area contributed by atoms with Crippen LogP contribution in [0.3, 0.4) is 0 Å². The molecule has 0 radical (unpaired) electrons. The summed E-state index contributed by atoms with van der Waals surface area (Å²) in [4.78, 5) is 12.2. The van der Waals surface area contributed by atoms with Gasteiger partial charge in [0.15, 0.2) is 0 Å². The van der Waals surface area contributed by atoms with E-state index in [-0.39, 0.29) is 19.1 Å².